The molecule has 0 spiro atoms. The van der Waals surface area contributed by atoms with E-state index in [2.05, 4.69) is 0 Å². The molecule has 3 aromatic carbocycles. The number of hydrogen-bond donors (Lipinski definition) is 0. The highest BCUT2D eigenvalue weighted by atomic mass is 19.1. The van der Waals surface area contributed by atoms with E-state index in [1.165, 1.54) is 36.4 Å². The first-order valence-corrected chi connectivity index (χ1v) is 7.28. The monoisotopic (exact) mass is 310 g/mol. The first-order valence-electron chi connectivity index (χ1n) is 7.28. The largest absolute Gasteiger partial charge is 0.207 e. The van der Waals surface area contributed by atoms with Crippen molar-refractivity contribution in [1.82, 2.24) is 0 Å². The fraction of sp³-hybridized carbons (Fsp3) is 0.0526. The molecule has 114 valence electrons. The third-order valence-corrected chi connectivity index (χ3v) is 4.21. The van der Waals surface area contributed by atoms with Gasteiger partial charge in [-0.2, -0.15) is 0 Å². The number of halogens is 3. The van der Waals surface area contributed by atoms with Gasteiger partial charge in [-0.3, -0.25) is 0 Å². The molecule has 0 saturated heterocycles. The molecule has 0 aromatic heterocycles. The van der Waals surface area contributed by atoms with E-state index < -0.39 is 5.31 Å². The van der Waals surface area contributed by atoms with Crippen LogP contribution in [0.4, 0.5) is 13.2 Å². The Balaban J connectivity index is 2.29. The average Bonchev–Trinajstić information content (AvgIpc) is 2.54. The zero-order valence-corrected chi connectivity index (χ0v) is 12.6. The molecule has 23 heavy (non-hydrogen) atoms. The number of rotatable bonds is 3. The predicted molar refractivity (Wildman–Crippen MR) is 87.6 cm³/mol. The van der Waals surface area contributed by atoms with E-state index in [4.69, 9.17) is 0 Å². The van der Waals surface area contributed by atoms with Gasteiger partial charge in [-0.05, 0) is 53.1 Å². The van der Waals surface area contributed by atoms with Gasteiger partial charge >= 0.3 is 0 Å². The fourth-order valence-corrected chi connectivity index (χ4v) is 2.90. The van der Waals surface area contributed by atoms with Gasteiger partial charge in [0, 0.05) is 5.31 Å². The maximum Gasteiger partial charge on any atom is 0.126 e. The van der Waals surface area contributed by atoms with Crippen molar-refractivity contribution in [3.05, 3.63) is 107 Å². The Hall–Kier alpha value is -2.49. The lowest BCUT2D eigenvalue weighted by molar-refractivity contribution is 0.615. The highest BCUT2D eigenvalue weighted by molar-refractivity contribution is 6.20. The average molecular weight is 310 g/mol. The third kappa shape index (κ3) is 2.89. The van der Waals surface area contributed by atoms with E-state index >= 15 is 0 Å². The minimum Gasteiger partial charge on any atom is -0.207 e. The third-order valence-electron chi connectivity index (χ3n) is 4.21. The van der Waals surface area contributed by atoms with E-state index in [1.54, 1.807) is 36.4 Å². The van der Waals surface area contributed by atoms with E-state index in [0.717, 1.165) is 0 Å². The lowest BCUT2D eigenvalue weighted by atomic mass is 9.56. The highest BCUT2D eigenvalue weighted by Crippen LogP contribution is 2.36. The minimum absolute atomic E-state index is 0.387. The molecule has 0 aliphatic heterocycles. The van der Waals surface area contributed by atoms with Gasteiger partial charge in [-0.25, -0.2) is 13.2 Å². The van der Waals surface area contributed by atoms with Crippen molar-refractivity contribution in [3.8, 4) is 0 Å². The summed E-state index contributed by atoms with van der Waals surface area (Å²) in [6.07, 6.45) is 0. The molecule has 0 aliphatic rings. The summed E-state index contributed by atoms with van der Waals surface area (Å²) in [5.41, 5.74) is 1.90. The van der Waals surface area contributed by atoms with Gasteiger partial charge in [0.25, 0.3) is 0 Å². The van der Waals surface area contributed by atoms with Crippen LogP contribution >= 0.6 is 0 Å². The Labute approximate surface area is 134 Å². The first-order chi connectivity index (χ1) is 11.0. The van der Waals surface area contributed by atoms with Crippen molar-refractivity contribution in [3.63, 3.8) is 0 Å². The molecule has 0 heterocycles. The van der Waals surface area contributed by atoms with E-state index in [9.17, 15) is 13.2 Å². The summed E-state index contributed by atoms with van der Waals surface area (Å²) < 4.78 is 41.2. The number of hydrogen-bond acceptors (Lipinski definition) is 0. The van der Waals surface area contributed by atoms with Gasteiger partial charge in [0.2, 0.25) is 0 Å². The molecule has 0 radical (unpaired) electrons. The second-order valence-electron chi connectivity index (χ2n) is 5.66. The Morgan fingerprint density at radius 1 is 0.565 bits per heavy atom. The molecular weight excluding hydrogens is 296 g/mol. The summed E-state index contributed by atoms with van der Waals surface area (Å²) in [4.78, 5) is 0. The van der Waals surface area contributed by atoms with E-state index in [0.29, 0.717) is 16.7 Å². The van der Waals surface area contributed by atoms with Crippen LogP contribution in [0.3, 0.4) is 0 Å². The Morgan fingerprint density at radius 2 is 0.870 bits per heavy atom. The summed E-state index contributed by atoms with van der Waals surface area (Å²) in [5, 5.41) is -0.869. The summed E-state index contributed by atoms with van der Waals surface area (Å²) in [5.74, 6) is -1.16. The molecular formula is C19H14BF3. The first kappa shape index (κ1) is 15.4. The van der Waals surface area contributed by atoms with Gasteiger partial charge in [0.1, 0.15) is 25.3 Å². The van der Waals surface area contributed by atoms with Gasteiger partial charge in [0.15, 0.2) is 0 Å². The Kier molecular flexibility index (Phi) is 3.99. The molecule has 0 aliphatic carbocycles. The van der Waals surface area contributed by atoms with Crippen molar-refractivity contribution in [1.29, 1.82) is 0 Å². The van der Waals surface area contributed by atoms with Gasteiger partial charge in [-0.15, -0.1) is 0 Å². The molecule has 3 rings (SSSR count). The quantitative estimate of drug-likeness (QED) is 0.506. The lowest BCUT2D eigenvalue weighted by Gasteiger charge is -2.32. The molecule has 4 heteroatoms. The lowest BCUT2D eigenvalue weighted by Crippen LogP contribution is -2.30. The molecule has 0 fully saturated rings. The molecule has 0 saturated carbocycles. The minimum atomic E-state index is -0.869. The molecule has 0 atom stereocenters. The summed E-state index contributed by atoms with van der Waals surface area (Å²) in [6, 6.07) is 18.3. The maximum atomic E-state index is 13.7. The van der Waals surface area contributed by atoms with Gasteiger partial charge < -0.3 is 0 Å². The standard InChI is InChI=1S/C19H14BF3/c20-19(13-4-1-7-16(21)10-13,14-5-2-8-17(22)11-14)15-6-3-9-18(23)12-15/h1-12H,20H2. The van der Waals surface area contributed by atoms with Crippen LogP contribution in [0.2, 0.25) is 0 Å². The smallest absolute Gasteiger partial charge is 0.126 e. The second-order valence-corrected chi connectivity index (χ2v) is 5.66. The van der Waals surface area contributed by atoms with Crippen molar-refractivity contribution in [2.24, 2.45) is 0 Å². The van der Waals surface area contributed by atoms with Crippen LogP contribution in [0.5, 0.6) is 0 Å². The van der Waals surface area contributed by atoms with Crippen LogP contribution in [0, 0.1) is 17.5 Å². The van der Waals surface area contributed by atoms with Crippen molar-refractivity contribution >= 4 is 7.85 Å². The molecule has 0 amide bonds. The van der Waals surface area contributed by atoms with Crippen LogP contribution in [0.25, 0.3) is 0 Å². The number of benzene rings is 3. The topological polar surface area (TPSA) is 0 Å². The van der Waals surface area contributed by atoms with Crippen LogP contribution in [0.1, 0.15) is 16.7 Å². The van der Waals surface area contributed by atoms with Crippen molar-refractivity contribution < 1.29 is 13.2 Å². The molecule has 3 aromatic rings. The van der Waals surface area contributed by atoms with Crippen LogP contribution < -0.4 is 0 Å². The SMILES string of the molecule is BC(c1cccc(F)c1)(c1cccc(F)c1)c1cccc(F)c1. The van der Waals surface area contributed by atoms with E-state index in [1.807, 2.05) is 7.85 Å². The normalized spacial score (nSPS) is 11.4. The maximum absolute atomic E-state index is 13.7. The second kappa shape index (κ2) is 5.96. The van der Waals surface area contributed by atoms with Gasteiger partial charge in [0.05, 0.1) is 0 Å². The summed E-state index contributed by atoms with van der Waals surface area (Å²) in [7, 11) is 1.84. The van der Waals surface area contributed by atoms with Crippen LogP contribution in [-0.2, 0) is 5.31 Å². The molecule has 0 bridgehead atoms. The van der Waals surface area contributed by atoms with Gasteiger partial charge in [-0.1, -0.05) is 36.4 Å². The summed E-state index contributed by atoms with van der Waals surface area (Å²) >= 11 is 0. The molecule has 0 unspecified atom stereocenters. The van der Waals surface area contributed by atoms with Crippen molar-refractivity contribution in [2.45, 2.75) is 5.31 Å². The Bertz CT molecular complexity index is 734. The predicted octanol–water partition coefficient (Wildman–Crippen LogP) is 4.03. The summed E-state index contributed by atoms with van der Waals surface area (Å²) in [6.45, 7) is 0. The van der Waals surface area contributed by atoms with E-state index in [-0.39, 0.29) is 17.5 Å². The fourth-order valence-electron chi connectivity index (χ4n) is 2.90. The molecule has 0 N–H and O–H groups in total. The molecule has 0 nitrogen and oxygen atoms in total. The van der Waals surface area contributed by atoms with Crippen LogP contribution in [0.15, 0.2) is 72.8 Å². The zero-order valence-electron chi connectivity index (χ0n) is 12.6. The Morgan fingerprint density at radius 3 is 1.13 bits per heavy atom. The van der Waals surface area contributed by atoms with Crippen molar-refractivity contribution in [2.75, 3.05) is 0 Å². The van der Waals surface area contributed by atoms with Crippen LogP contribution in [-0.4, -0.2) is 7.85 Å². The zero-order chi connectivity index (χ0) is 16.4. The highest BCUT2D eigenvalue weighted by Gasteiger charge is 2.32.